The second kappa shape index (κ2) is 9.43. The molecule has 2 heterocycles. The van der Waals surface area contributed by atoms with Gasteiger partial charge in [-0.2, -0.15) is 5.10 Å². The van der Waals surface area contributed by atoms with E-state index in [1.54, 1.807) is 36.1 Å². The number of carbonyl (C=O) groups is 3. The van der Waals surface area contributed by atoms with Crippen LogP contribution in [-0.2, 0) is 27.9 Å². The van der Waals surface area contributed by atoms with Crippen LogP contribution in [0.25, 0.3) is 0 Å². The summed E-state index contributed by atoms with van der Waals surface area (Å²) in [4.78, 5) is 38.6. The van der Waals surface area contributed by atoms with Crippen LogP contribution >= 0.6 is 0 Å². The molecule has 0 saturated carbocycles. The van der Waals surface area contributed by atoms with Crippen molar-refractivity contribution in [3.63, 3.8) is 0 Å². The maximum absolute atomic E-state index is 12.7. The fourth-order valence-corrected chi connectivity index (χ4v) is 3.42. The molecule has 1 aliphatic heterocycles. The van der Waals surface area contributed by atoms with Gasteiger partial charge in [0.1, 0.15) is 18.0 Å². The lowest BCUT2D eigenvalue weighted by atomic mass is 10.0. The molecule has 0 spiro atoms. The minimum absolute atomic E-state index is 0.0883. The number of carbonyl (C=O) groups excluding carboxylic acids is 3. The number of hydrogen-bond acceptors (Lipinski definition) is 6. The van der Waals surface area contributed by atoms with Crippen LogP contribution in [0.5, 0.6) is 11.5 Å². The van der Waals surface area contributed by atoms with Crippen molar-refractivity contribution in [2.45, 2.75) is 26.7 Å². The van der Waals surface area contributed by atoms with Crippen LogP contribution < -0.4 is 14.8 Å². The largest absolute Gasteiger partial charge is 0.494 e. The maximum atomic E-state index is 12.7. The quantitative estimate of drug-likeness (QED) is 0.628. The van der Waals surface area contributed by atoms with Crippen molar-refractivity contribution < 1.29 is 23.9 Å². The second-order valence-electron chi connectivity index (χ2n) is 7.02. The van der Waals surface area contributed by atoms with E-state index in [9.17, 15) is 14.4 Å². The van der Waals surface area contributed by atoms with Crippen molar-refractivity contribution in [3.8, 4) is 11.5 Å². The molecule has 1 N–H and O–H groups in total. The molecule has 9 nitrogen and oxygen atoms in total. The first-order valence-electron chi connectivity index (χ1n) is 9.92. The number of nitrogens with zero attached hydrogens (tertiary/aromatic N) is 3. The zero-order chi connectivity index (χ0) is 21.7. The van der Waals surface area contributed by atoms with Crippen molar-refractivity contribution in [2.24, 2.45) is 13.0 Å². The van der Waals surface area contributed by atoms with Crippen molar-refractivity contribution >= 4 is 23.4 Å². The molecule has 1 unspecified atom stereocenters. The van der Waals surface area contributed by atoms with Gasteiger partial charge in [-0.05, 0) is 38.0 Å². The van der Waals surface area contributed by atoms with Gasteiger partial charge >= 0.3 is 0 Å². The van der Waals surface area contributed by atoms with Gasteiger partial charge in [-0.3, -0.25) is 24.0 Å². The van der Waals surface area contributed by atoms with Gasteiger partial charge in [0.25, 0.3) is 0 Å². The van der Waals surface area contributed by atoms with Gasteiger partial charge in [-0.25, -0.2) is 0 Å². The van der Waals surface area contributed by atoms with Crippen LogP contribution in [0.3, 0.4) is 0 Å². The third-order valence-corrected chi connectivity index (χ3v) is 4.72. The van der Waals surface area contributed by atoms with Crippen LogP contribution in [0.4, 0.5) is 5.69 Å². The number of rotatable bonds is 9. The Hall–Kier alpha value is -3.36. The van der Waals surface area contributed by atoms with E-state index in [0.29, 0.717) is 36.8 Å². The smallest absolute Gasteiger partial charge is 0.244 e. The van der Waals surface area contributed by atoms with Crippen molar-refractivity contribution in [1.29, 1.82) is 0 Å². The van der Waals surface area contributed by atoms with Crippen LogP contribution in [0.1, 0.15) is 25.8 Å². The highest BCUT2D eigenvalue weighted by molar-refractivity contribution is 6.07. The average Bonchev–Trinajstić information content (AvgIpc) is 3.22. The molecule has 1 atom stereocenters. The van der Waals surface area contributed by atoms with E-state index in [0.717, 1.165) is 10.5 Å². The lowest BCUT2D eigenvalue weighted by Gasteiger charge is -2.17. The van der Waals surface area contributed by atoms with Gasteiger partial charge in [-0.15, -0.1) is 0 Å². The van der Waals surface area contributed by atoms with Crippen LogP contribution in [0.2, 0.25) is 0 Å². The van der Waals surface area contributed by atoms with E-state index in [1.165, 1.54) is 0 Å². The Bertz CT molecular complexity index is 939. The Balaban J connectivity index is 1.66. The molecule has 1 aromatic heterocycles. The molecule has 1 fully saturated rings. The van der Waals surface area contributed by atoms with E-state index in [1.807, 2.05) is 20.0 Å². The number of benzene rings is 1. The molecular formula is C21H26N4O5. The van der Waals surface area contributed by atoms with Crippen molar-refractivity contribution in [1.82, 2.24) is 14.7 Å². The summed E-state index contributed by atoms with van der Waals surface area (Å²) in [5.74, 6) is -0.573. The zero-order valence-corrected chi connectivity index (χ0v) is 17.4. The minimum atomic E-state index is -0.478. The van der Waals surface area contributed by atoms with Gasteiger partial charge in [-0.1, -0.05) is 0 Å². The number of likely N-dealkylation sites (tertiary alicyclic amines) is 1. The number of anilines is 1. The van der Waals surface area contributed by atoms with Gasteiger partial charge in [0.05, 0.1) is 31.0 Å². The summed E-state index contributed by atoms with van der Waals surface area (Å²) in [5, 5.41) is 6.81. The molecule has 3 amide bonds. The summed E-state index contributed by atoms with van der Waals surface area (Å²) in [6.07, 6.45) is 3.99. The number of ether oxygens (including phenoxy) is 2. The lowest BCUT2D eigenvalue weighted by molar-refractivity contribution is -0.142. The molecule has 1 aliphatic rings. The topological polar surface area (TPSA) is 103 Å². The number of imide groups is 1. The number of amides is 3. The van der Waals surface area contributed by atoms with Gasteiger partial charge in [0.15, 0.2) is 0 Å². The highest BCUT2D eigenvalue weighted by Crippen LogP contribution is 2.30. The highest BCUT2D eigenvalue weighted by atomic mass is 16.5. The fraction of sp³-hybridized carbons (Fsp3) is 0.429. The monoisotopic (exact) mass is 414 g/mol. The maximum Gasteiger partial charge on any atom is 0.244 e. The van der Waals surface area contributed by atoms with E-state index in [4.69, 9.17) is 9.47 Å². The second-order valence-corrected chi connectivity index (χ2v) is 7.02. The predicted molar refractivity (Wildman–Crippen MR) is 109 cm³/mol. The SMILES string of the molecule is CCOc1ccc(OCC)c(NC(=O)CN2C(=O)CC(Cc3cnn(C)c3)C2=O)c1. The van der Waals surface area contributed by atoms with Crippen LogP contribution in [0.15, 0.2) is 30.6 Å². The molecule has 0 bridgehead atoms. The first-order chi connectivity index (χ1) is 14.4. The van der Waals surface area contributed by atoms with Gasteiger partial charge in [0.2, 0.25) is 17.7 Å². The lowest BCUT2D eigenvalue weighted by Crippen LogP contribution is -2.38. The predicted octanol–water partition coefficient (Wildman–Crippen LogP) is 1.77. The average molecular weight is 414 g/mol. The summed E-state index contributed by atoms with van der Waals surface area (Å²) in [5.41, 5.74) is 1.31. The molecule has 30 heavy (non-hydrogen) atoms. The third-order valence-electron chi connectivity index (χ3n) is 4.72. The summed E-state index contributed by atoms with van der Waals surface area (Å²) >= 11 is 0. The Morgan fingerprint density at radius 1 is 1.23 bits per heavy atom. The molecule has 1 aromatic carbocycles. The minimum Gasteiger partial charge on any atom is -0.494 e. The summed E-state index contributed by atoms with van der Waals surface area (Å²) in [7, 11) is 1.79. The Kier molecular flexibility index (Phi) is 6.71. The number of hydrogen-bond donors (Lipinski definition) is 1. The summed E-state index contributed by atoms with van der Waals surface area (Å²) in [6, 6.07) is 5.12. The number of aromatic nitrogens is 2. The molecule has 0 radical (unpaired) electrons. The molecule has 160 valence electrons. The number of aryl methyl sites for hydroxylation is 1. The van der Waals surface area contributed by atoms with E-state index in [2.05, 4.69) is 10.4 Å². The molecule has 9 heteroatoms. The first-order valence-corrected chi connectivity index (χ1v) is 9.92. The highest BCUT2D eigenvalue weighted by Gasteiger charge is 2.39. The third kappa shape index (κ3) is 4.97. The van der Waals surface area contributed by atoms with Crippen molar-refractivity contribution in [3.05, 3.63) is 36.2 Å². The Morgan fingerprint density at radius 3 is 2.67 bits per heavy atom. The van der Waals surface area contributed by atoms with Gasteiger partial charge < -0.3 is 14.8 Å². The van der Waals surface area contributed by atoms with E-state index < -0.39 is 11.8 Å². The first kappa shape index (κ1) is 21.4. The molecule has 2 aromatic rings. The van der Waals surface area contributed by atoms with E-state index >= 15 is 0 Å². The zero-order valence-electron chi connectivity index (χ0n) is 17.4. The Labute approximate surface area is 174 Å². The normalized spacial score (nSPS) is 16.1. The van der Waals surface area contributed by atoms with Crippen LogP contribution in [-0.4, -0.2) is 52.2 Å². The van der Waals surface area contributed by atoms with Gasteiger partial charge in [0, 0.05) is 25.7 Å². The molecule has 3 rings (SSSR count). The summed E-state index contributed by atoms with van der Waals surface area (Å²) in [6.45, 7) is 4.27. The summed E-state index contributed by atoms with van der Waals surface area (Å²) < 4.78 is 12.7. The molecular weight excluding hydrogens is 388 g/mol. The van der Waals surface area contributed by atoms with Crippen molar-refractivity contribution in [2.75, 3.05) is 25.1 Å². The fourth-order valence-electron chi connectivity index (χ4n) is 3.42. The molecule has 1 saturated heterocycles. The van der Waals surface area contributed by atoms with E-state index in [-0.39, 0.29) is 24.8 Å². The number of nitrogens with one attached hydrogen (secondary N) is 1. The standard InChI is InChI=1S/C21H26N4O5/c1-4-29-16-6-7-18(30-5-2)17(10-16)23-19(26)13-25-20(27)9-15(21(25)28)8-14-11-22-24(3)12-14/h6-7,10-12,15H,4-5,8-9,13H2,1-3H3,(H,23,26). The molecule has 0 aliphatic carbocycles. The van der Waals surface area contributed by atoms with Crippen LogP contribution in [0, 0.1) is 5.92 Å². The Morgan fingerprint density at radius 2 is 2.00 bits per heavy atom.